The molecular formula is C8H9N3O4. The Morgan fingerprint density at radius 3 is 2.93 bits per heavy atom. The maximum absolute atomic E-state index is 11.1. The number of hydrogen-bond acceptors (Lipinski definition) is 5. The average Bonchev–Trinajstić information content (AvgIpc) is 2.17. The summed E-state index contributed by atoms with van der Waals surface area (Å²) in [7, 11) is 1.38. The summed E-state index contributed by atoms with van der Waals surface area (Å²) in [6.07, 6.45) is 1.97. The van der Waals surface area contributed by atoms with E-state index in [-0.39, 0.29) is 11.6 Å². The molecule has 0 spiro atoms. The zero-order chi connectivity index (χ0) is 11.3. The third kappa shape index (κ3) is 3.22. The van der Waals surface area contributed by atoms with Gasteiger partial charge in [-0.1, -0.05) is 0 Å². The van der Waals surface area contributed by atoms with Crippen LogP contribution in [0.1, 0.15) is 6.42 Å². The van der Waals surface area contributed by atoms with Gasteiger partial charge in [-0.05, 0) is 0 Å². The minimum absolute atomic E-state index is 0.184. The molecule has 1 aromatic rings. The molecule has 0 aliphatic carbocycles. The molecule has 0 aliphatic rings. The number of methoxy groups -OCH3 is 1. The van der Waals surface area contributed by atoms with Crippen LogP contribution in [0.3, 0.4) is 0 Å². The van der Waals surface area contributed by atoms with Crippen molar-refractivity contribution in [3.05, 3.63) is 12.5 Å². The summed E-state index contributed by atoms with van der Waals surface area (Å²) in [6.45, 7) is 0. The third-order valence-corrected chi connectivity index (χ3v) is 1.45. The maximum atomic E-state index is 11.1. The van der Waals surface area contributed by atoms with E-state index in [1.165, 1.54) is 19.6 Å². The van der Waals surface area contributed by atoms with Crippen LogP contribution in [0.15, 0.2) is 12.5 Å². The number of hydrogen-bond donors (Lipinski definition) is 2. The zero-order valence-electron chi connectivity index (χ0n) is 7.93. The van der Waals surface area contributed by atoms with Crippen LogP contribution in [0.2, 0.25) is 0 Å². The predicted molar refractivity (Wildman–Crippen MR) is 49.5 cm³/mol. The Kier molecular flexibility index (Phi) is 3.55. The molecular weight excluding hydrogens is 202 g/mol. The number of anilines is 1. The number of amides is 1. The highest BCUT2D eigenvalue weighted by Gasteiger charge is 2.11. The van der Waals surface area contributed by atoms with E-state index in [0.717, 1.165) is 0 Å². The summed E-state index contributed by atoms with van der Waals surface area (Å²) in [5, 5.41) is 10.7. The number of ether oxygens (including phenoxy) is 1. The van der Waals surface area contributed by atoms with Gasteiger partial charge in [0.2, 0.25) is 11.8 Å². The van der Waals surface area contributed by atoms with Gasteiger partial charge in [0.25, 0.3) is 0 Å². The summed E-state index contributed by atoms with van der Waals surface area (Å²) < 4.78 is 4.84. The van der Waals surface area contributed by atoms with Gasteiger partial charge in [-0.2, -0.15) is 4.98 Å². The van der Waals surface area contributed by atoms with Gasteiger partial charge in [0.05, 0.1) is 13.3 Å². The minimum atomic E-state index is -1.21. The fraction of sp³-hybridized carbons (Fsp3) is 0.250. The Labute approximate surface area is 85.1 Å². The van der Waals surface area contributed by atoms with Crippen LogP contribution >= 0.6 is 0 Å². The van der Waals surface area contributed by atoms with E-state index < -0.39 is 18.3 Å². The largest absolute Gasteiger partial charge is 0.481 e. The van der Waals surface area contributed by atoms with Crippen LogP contribution in [0.4, 0.5) is 5.69 Å². The third-order valence-electron chi connectivity index (χ3n) is 1.45. The number of carbonyl (C=O) groups is 2. The van der Waals surface area contributed by atoms with E-state index in [4.69, 9.17) is 9.84 Å². The fourth-order valence-corrected chi connectivity index (χ4v) is 0.899. The molecule has 0 unspecified atom stereocenters. The summed E-state index contributed by atoms with van der Waals surface area (Å²) in [5.41, 5.74) is 0.242. The van der Waals surface area contributed by atoms with Crippen molar-refractivity contribution in [1.82, 2.24) is 9.97 Å². The molecule has 1 heterocycles. The molecule has 2 N–H and O–H groups in total. The highest BCUT2D eigenvalue weighted by atomic mass is 16.5. The molecule has 0 atom stereocenters. The molecule has 0 aliphatic heterocycles. The molecule has 0 aromatic carbocycles. The van der Waals surface area contributed by atoms with Crippen molar-refractivity contribution < 1.29 is 19.4 Å². The molecule has 1 aromatic heterocycles. The number of aliphatic carboxylic acids is 1. The number of carbonyl (C=O) groups excluding carboxylic acids is 1. The van der Waals surface area contributed by atoms with Crippen molar-refractivity contribution in [1.29, 1.82) is 0 Å². The predicted octanol–water partition coefficient (Wildman–Crippen LogP) is -0.102. The molecule has 1 rings (SSSR count). The van der Waals surface area contributed by atoms with Gasteiger partial charge in [0.15, 0.2) is 0 Å². The molecule has 0 bridgehead atoms. The van der Waals surface area contributed by atoms with Crippen LogP contribution in [-0.4, -0.2) is 34.1 Å². The standard InChI is InChI=1S/C8H9N3O4/c1-15-8-5(3-9-4-10-8)11-6(12)2-7(13)14/h3-4H,2H2,1H3,(H,11,12)(H,13,14). The zero-order valence-corrected chi connectivity index (χ0v) is 7.93. The van der Waals surface area contributed by atoms with E-state index >= 15 is 0 Å². The molecule has 1 amide bonds. The molecule has 0 radical (unpaired) electrons. The summed E-state index contributed by atoms with van der Waals surface area (Å²) in [5.74, 6) is -1.68. The number of aromatic nitrogens is 2. The Morgan fingerprint density at radius 2 is 2.33 bits per heavy atom. The van der Waals surface area contributed by atoms with Crippen molar-refractivity contribution in [2.24, 2.45) is 0 Å². The molecule has 7 heteroatoms. The van der Waals surface area contributed by atoms with Gasteiger partial charge in [0.1, 0.15) is 18.4 Å². The van der Waals surface area contributed by atoms with Gasteiger partial charge in [-0.3, -0.25) is 9.59 Å². The second-order valence-electron chi connectivity index (χ2n) is 2.56. The van der Waals surface area contributed by atoms with Crippen LogP contribution in [0, 0.1) is 0 Å². The van der Waals surface area contributed by atoms with E-state index in [1.807, 2.05) is 0 Å². The van der Waals surface area contributed by atoms with Crippen LogP contribution in [0.25, 0.3) is 0 Å². The first-order chi connectivity index (χ1) is 7.13. The lowest BCUT2D eigenvalue weighted by molar-refractivity contribution is -0.139. The van der Waals surface area contributed by atoms with Gasteiger partial charge in [0, 0.05) is 0 Å². The first kappa shape index (κ1) is 10.9. The van der Waals surface area contributed by atoms with E-state index in [1.54, 1.807) is 0 Å². The Balaban J connectivity index is 2.71. The first-order valence-electron chi connectivity index (χ1n) is 3.99. The maximum Gasteiger partial charge on any atom is 0.312 e. The number of carboxylic acids is 1. The lowest BCUT2D eigenvalue weighted by atomic mass is 10.4. The van der Waals surface area contributed by atoms with Gasteiger partial charge in [-0.25, -0.2) is 4.98 Å². The van der Waals surface area contributed by atoms with Crippen molar-refractivity contribution >= 4 is 17.6 Å². The Bertz CT molecular complexity index is 380. The molecule has 0 fully saturated rings. The van der Waals surface area contributed by atoms with Gasteiger partial charge < -0.3 is 15.2 Å². The molecule has 80 valence electrons. The van der Waals surface area contributed by atoms with Gasteiger partial charge in [-0.15, -0.1) is 0 Å². The van der Waals surface area contributed by atoms with E-state index in [9.17, 15) is 9.59 Å². The van der Waals surface area contributed by atoms with Crippen molar-refractivity contribution in [2.75, 3.05) is 12.4 Å². The monoisotopic (exact) mass is 211 g/mol. The summed E-state index contributed by atoms with van der Waals surface area (Å²) in [6, 6.07) is 0. The smallest absolute Gasteiger partial charge is 0.312 e. The second-order valence-corrected chi connectivity index (χ2v) is 2.56. The van der Waals surface area contributed by atoms with E-state index in [2.05, 4.69) is 15.3 Å². The molecule has 7 nitrogen and oxygen atoms in total. The van der Waals surface area contributed by atoms with Gasteiger partial charge >= 0.3 is 5.97 Å². The summed E-state index contributed by atoms with van der Waals surface area (Å²) in [4.78, 5) is 28.7. The van der Waals surface area contributed by atoms with Crippen LogP contribution in [-0.2, 0) is 9.59 Å². The average molecular weight is 211 g/mol. The van der Waals surface area contributed by atoms with Crippen LogP contribution in [0.5, 0.6) is 5.88 Å². The highest BCUT2D eigenvalue weighted by Crippen LogP contribution is 2.18. The first-order valence-corrected chi connectivity index (χ1v) is 3.99. The Hall–Kier alpha value is -2.18. The molecule has 0 saturated heterocycles. The molecule has 15 heavy (non-hydrogen) atoms. The van der Waals surface area contributed by atoms with Crippen molar-refractivity contribution in [3.8, 4) is 5.88 Å². The minimum Gasteiger partial charge on any atom is -0.481 e. The SMILES string of the molecule is COc1ncncc1NC(=O)CC(=O)O. The van der Waals surface area contributed by atoms with Crippen molar-refractivity contribution in [2.45, 2.75) is 6.42 Å². The number of rotatable bonds is 4. The van der Waals surface area contributed by atoms with Crippen LogP contribution < -0.4 is 10.1 Å². The highest BCUT2D eigenvalue weighted by molar-refractivity contribution is 6.01. The lowest BCUT2D eigenvalue weighted by Crippen LogP contribution is -2.16. The molecule has 0 saturated carbocycles. The number of nitrogens with zero attached hydrogens (tertiary/aromatic N) is 2. The quantitative estimate of drug-likeness (QED) is 0.674. The lowest BCUT2D eigenvalue weighted by Gasteiger charge is -2.06. The normalized spacial score (nSPS) is 9.40. The Morgan fingerprint density at radius 1 is 1.60 bits per heavy atom. The summed E-state index contributed by atoms with van der Waals surface area (Å²) >= 11 is 0. The number of nitrogens with one attached hydrogen (secondary N) is 1. The topological polar surface area (TPSA) is 101 Å². The second kappa shape index (κ2) is 4.89. The van der Waals surface area contributed by atoms with Crippen molar-refractivity contribution in [3.63, 3.8) is 0 Å². The van der Waals surface area contributed by atoms with E-state index in [0.29, 0.717) is 0 Å². The fourth-order valence-electron chi connectivity index (χ4n) is 0.899. The number of carboxylic acid groups (broad SMARTS) is 1.